The second-order valence-corrected chi connectivity index (χ2v) is 5.19. The first-order chi connectivity index (χ1) is 11.0. The molecule has 0 radical (unpaired) electrons. The number of hydrogen-bond donors (Lipinski definition) is 1. The average Bonchev–Trinajstić information content (AvgIpc) is 2.92. The van der Waals surface area contributed by atoms with Crippen molar-refractivity contribution in [3.8, 4) is 0 Å². The first-order valence-electron chi connectivity index (χ1n) is 7.06. The zero-order chi connectivity index (χ0) is 16.4. The smallest absolute Gasteiger partial charge is 0.329 e. The molecule has 0 amide bonds. The van der Waals surface area contributed by atoms with Crippen LogP contribution in [0.15, 0.2) is 10.7 Å². The Morgan fingerprint density at radius 2 is 2.09 bits per heavy atom. The van der Waals surface area contributed by atoms with Crippen LogP contribution in [0.1, 0.15) is 11.7 Å². The van der Waals surface area contributed by atoms with Crippen molar-refractivity contribution in [2.75, 3.05) is 36.8 Å². The molecule has 23 heavy (non-hydrogen) atoms. The van der Waals surface area contributed by atoms with Crippen LogP contribution in [0, 0.1) is 17.0 Å². The highest BCUT2D eigenvalue weighted by atomic mass is 16.6. The van der Waals surface area contributed by atoms with Crippen LogP contribution in [-0.2, 0) is 6.54 Å². The van der Waals surface area contributed by atoms with Crippen LogP contribution in [0.3, 0.4) is 0 Å². The maximum atomic E-state index is 10.7. The summed E-state index contributed by atoms with van der Waals surface area (Å²) in [7, 11) is 0. The minimum atomic E-state index is -0.593. The van der Waals surface area contributed by atoms with Crippen LogP contribution < -0.4 is 10.6 Å². The Kier molecular flexibility index (Phi) is 4.02. The molecule has 1 aliphatic rings. The molecule has 122 valence electrons. The first-order valence-corrected chi connectivity index (χ1v) is 7.06. The molecule has 0 aliphatic carbocycles. The number of nitrogen functional groups attached to an aromatic ring is 1. The van der Waals surface area contributed by atoms with Gasteiger partial charge in [-0.05, 0) is 0 Å². The predicted octanol–water partition coefficient (Wildman–Crippen LogP) is -0.0194. The molecule has 11 nitrogen and oxygen atoms in total. The summed E-state index contributed by atoms with van der Waals surface area (Å²) >= 11 is 0. The van der Waals surface area contributed by atoms with Gasteiger partial charge in [0.15, 0.2) is 5.82 Å². The lowest BCUT2D eigenvalue weighted by Gasteiger charge is -2.33. The van der Waals surface area contributed by atoms with Gasteiger partial charge in [-0.15, -0.1) is 0 Å². The number of nitro groups is 1. The number of anilines is 2. The van der Waals surface area contributed by atoms with E-state index in [1.54, 1.807) is 6.92 Å². The number of hydrogen-bond acceptors (Lipinski definition) is 10. The molecular weight excluding hydrogens is 304 g/mol. The molecule has 3 rings (SSSR count). The quantitative estimate of drug-likeness (QED) is 0.603. The van der Waals surface area contributed by atoms with E-state index in [-0.39, 0.29) is 11.5 Å². The maximum absolute atomic E-state index is 10.7. The highest BCUT2D eigenvalue weighted by Crippen LogP contribution is 2.21. The molecule has 1 saturated heterocycles. The molecule has 0 unspecified atom stereocenters. The van der Waals surface area contributed by atoms with E-state index in [1.165, 1.54) is 0 Å². The van der Waals surface area contributed by atoms with Crippen molar-refractivity contribution in [1.29, 1.82) is 0 Å². The van der Waals surface area contributed by atoms with E-state index in [1.807, 2.05) is 4.90 Å². The van der Waals surface area contributed by atoms with Gasteiger partial charge in [0.2, 0.25) is 17.7 Å². The maximum Gasteiger partial charge on any atom is 0.329 e. The minimum Gasteiger partial charge on any atom is -0.378 e. The van der Waals surface area contributed by atoms with Crippen molar-refractivity contribution < 1.29 is 9.45 Å². The Balaban J connectivity index is 1.60. The summed E-state index contributed by atoms with van der Waals surface area (Å²) in [6.07, 6.45) is 1.14. The molecule has 2 N–H and O–H groups in total. The number of aryl methyl sites for hydroxylation is 1. The van der Waals surface area contributed by atoms with E-state index in [0.717, 1.165) is 19.3 Å². The van der Waals surface area contributed by atoms with Gasteiger partial charge in [-0.2, -0.15) is 9.97 Å². The first kappa shape index (κ1) is 15.1. The molecular formula is C12H16N8O3. The lowest BCUT2D eigenvalue weighted by atomic mass is 10.3. The molecule has 3 heterocycles. The third-order valence-electron chi connectivity index (χ3n) is 3.57. The van der Waals surface area contributed by atoms with E-state index >= 15 is 0 Å². The van der Waals surface area contributed by atoms with Crippen LogP contribution in [0.5, 0.6) is 0 Å². The number of aromatic nitrogens is 4. The fraction of sp³-hybridized carbons (Fsp3) is 0.500. The predicted molar refractivity (Wildman–Crippen MR) is 79.6 cm³/mol. The van der Waals surface area contributed by atoms with Gasteiger partial charge in [-0.25, -0.2) is 4.98 Å². The highest BCUT2D eigenvalue weighted by molar-refractivity contribution is 5.53. The third kappa shape index (κ3) is 3.34. The summed E-state index contributed by atoms with van der Waals surface area (Å²) in [6.45, 7) is 5.29. The fourth-order valence-electron chi connectivity index (χ4n) is 2.38. The number of nitrogens with two attached hydrogens (primary N) is 1. The van der Waals surface area contributed by atoms with E-state index < -0.39 is 4.92 Å². The van der Waals surface area contributed by atoms with Crippen molar-refractivity contribution in [2.45, 2.75) is 13.5 Å². The molecule has 11 heteroatoms. The largest absolute Gasteiger partial charge is 0.378 e. The van der Waals surface area contributed by atoms with Crippen molar-refractivity contribution in [3.05, 3.63) is 28.0 Å². The van der Waals surface area contributed by atoms with Crippen molar-refractivity contribution >= 4 is 17.5 Å². The molecule has 0 bridgehead atoms. The summed E-state index contributed by atoms with van der Waals surface area (Å²) in [5.41, 5.74) is 5.33. The second-order valence-electron chi connectivity index (χ2n) is 5.19. The Labute approximate surface area is 131 Å². The summed E-state index contributed by atoms with van der Waals surface area (Å²) in [5, 5.41) is 14.6. The molecule has 0 aromatic carbocycles. The Hall–Kier alpha value is -2.82. The molecule has 1 aliphatic heterocycles. The molecule has 0 saturated carbocycles. The minimum absolute atomic E-state index is 0.121. The monoisotopic (exact) mass is 320 g/mol. The molecule has 2 aromatic heterocycles. The van der Waals surface area contributed by atoms with Gasteiger partial charge in [0, 0.05) is 33.1 Å². The van der Waals surface area contributed by atoms with Crippen LogP contribution in [-0.4, -0.2) is 56.1 Å². The number of nitrogens with zero attached hydrogens (tertiary/aromatic N) is 7. The number of piperazine rings is 1. The van der Waals surface area contributed by atoms with Crippen molar-refractivity contribution in [2.24, 2.45) is 0 Å². The highest BCUT2D eigenvalue weighted by Gasteiger charge is 2.22. The van der Waals surface area contributed by atoms with E-state index in [9.17, 15) is 10.1 Å². The Morgan fingerprint density at radius 3 is 2.65 bits per heavy atom. The second kappa shape index (κ2) is 6.12. The number of rotatable bonds is 4. The SMILES string of the molecule is Cc1nc(CN2CCN(c3ncc([N+](=O)[O-])c(N)n3)CC2)no1. The standard InChI is InChI=1S/C12H16N8O3/c1-8-15-10(17-23-8)7-18-2-4-19(5-3-18)12-14-6-9(20(21)22)11(13)16-12/h6H,2-5,7H2,1H3,(H2,13,14,16). The zero-order valence-electron chi connectivity index (χ0n) is 12.5. The summed E-state index contributed by atoms with van der Waals surface area (Å²) < 4.78 is 4.95. The fourth-order valence-corrected chi connectivity index (χ4v) is 2.38. The summed E-state index contributed by atoms with van der Waals surface area (Å²) in [4.78, 5) is 26.5. The molecule has 0 spiro atoms. The van der Waals surface area contributed by atoms with E-state index in [4.69, 9.17) is 10.3 Å². The Morgan fingerprint density at radius 1 is 1.35 bits per heavy atom. The van der Waals surface area contributed by atoms with Crippen molar-refractivity contribution in [1.82, 2.24) is 25.0 Å². The molecule has 1 fully saturated rings. The topological polar surface area (TPSA) is 140 Å². The molecule has 2 aromatic rings. The lowest BCUT2D eigenvalue weighted by Crippen LogP contribution is -2.46. The van der Waals surface area contributed by atoms with E-state index in [0.29, 0.717) is 37.3 Å². The van der Waals surface area contributed by atoms with Gasteiger partial charge in [-0.3, -0.25) is 15.0 Å². The van der Waals surface area contributed by atoms with Gasteiger partial charge in [0.05, 0.1) is 11.5 Å². The van der Waals surface area contributed by atoms with Crippen molar-refractivity contribution in [3.63, 3.8) is 0 Å². The van der Waals surface area contributed by atoms with Gasteiger partial charge >= 0.3 is 5.69 Å². The van der Waals surface area contributed by atoms with E-state index in [2.05, 4.69) is 25.0 Å². The van der Waals surface area contributed by atoms with Crippen LogP contribution >= 0.6 is 0 Å². The zero-order valence-corrected chi connectivity index (χ0v) is 12.5. The van der Waals surface area contributed by atoms with Crippen LogP contribution in [0.4, 0.5) is 17.5 Å². The van der Waals surface area contributed by atoms with Gasteiger partial charge in [0.1, 0.15) is 6.20 Å². The lowest BCUT2D eigenvalue weighted by molar-refractivity contribution is -0.384. The molecule has 0 atom stereocenters. The van der Waals surface area contributed by atoms with Gasteiger partial charge < -0.3 is 15.2 Å². The third-order valence-corrected chi connectivity index (χ3v) is 3.57. The van der Waals surface area contributed by atoms with Crippen LogP contribution in [0.2, 0.25) is 0 Å². The normalized spacial score (nSPS) is 15.8. The van der Waals surface area contributed by atoms with Gasteiger partial charge in [0.25, 0.3) is 0 Å². The summed E-state index contributed by atoms with van der Waals surface area (Å²) in [5.74, 6) is 1.49. The average molecular weight is 320 g/mol. The summed E-state index contributed by atoms with van der Waals surface area (Å²) in [6, 6.07) is 0. The van der Waals surface area contributed by atoms with Crippen LogP contribution in [0.25, 0.3) is 0 Å². The Bertz CT molecular complexity index is 710. The van der Waals surface area contributed by atoms with Gasteiger partial charge in [-0.1, -0.05) is 5.16 Å².